The smallest absolute Gasteiger partial charge is 0.306 e. The second-order valence-electron chi connectivity index (χ2n) is 15.3. The Labute approximate surface area is 373 Å². The fraction of sp³-hybridized carbons (Fsp3) is 0.582. The molecule has 0 bridgehead atoms. The van der Waals surface area contributed by atoms with Gasteiger partial charge >= 0.3 is 17.9 Å². The maximum Gasteiger partial charge on any atom is 0.306 e. The number of unbranched alkanes of at least 4 members (excludes halogenated alkanes) is 14. The molecule has 6 nitrogen and oxygen atoms in total. The van der Waals surface area contributed by atoms with Crippen LogP contribution in [0.15, 0.2) is 122 Å². The molecular formula is C55H86O6. The zero-order valence-corrected chi connectivity index (χ0v) is 38.9. The zero-order chi connectivity index (χ0) is 44.4. The van der Waals surface area contributed by atoms with Crippen molar-refractivity contribution < 1.29 is 28.6 Å². The van der Waals surface area contributed by atoms with E-state index in [2.05, 4.69) is 93.7 Å². The fourth-order valence-corrected chi connectivity index (χ4v) is 6.04. The van der Waals surface area contributed by atoms with Crippen molar-refractivity contribution in [3.05, 3.63) is 122 Å². The molecule has 0 heterocycles. The molecule has 61 heavy (non-hydrogen) atoms. The molecule has 0 saturated carbocycles. The van der Waals surface area contributed by atoms with E-state index in [9.17, 15) is 14.4 Å². The quantitative estimate of drug-likeness (QED) is 0.0201. The minimum absolute atomic E-state index is 0.113. The second-order valence-corrected chi connectivity index (χ2v) is 15.3. The summed E-state index contributed by atoms with van der Waals surface area (Å²) < 4.78 is 16.7. The molecule has 0 aromatic carbocycles. The molecule has 1 unspecified atom stereocenters. The van der Waals surface area contributed by atoms with Gasteiger partial charge in [0.15, 0.2) is 6.10 Å². The van der Waals surface area contributed by atoms with Crippen LogP contribution in [-0.4, -0.2) is 37.2 Å². The molecule has 0 rings (SSSR count). The van der Waals surface area contributed by atoms with Crippen LogP contribution in [0, 0.1) is 0 Å². The molecule has 6 heteroatoms. The first-order valence-corrected chi connectivity index (χ1v) is 24.1. The summed E-state index contributed by atoms with van der Waals surface area (Å²) >= 11 is 0. The third kappa shape index (κ3) is 46.7. The fourth-order valence-electron chi connectivity index (χ4n) is 6.04. The van der Waals surface area contributed by atoms with E-state index in [0.29, 0.717) is 19.3 Å². The predicted octanol–water partition coefficient (Wildman–Crippen LogP) is 15.7. The topological polar surface area (TPSA) is 78.9 Å². The van der Waals surface area contributed by atoms with Gasteiger partial charge in [-0.25, -0.2) is 0 Å². The molecule has 0 aromatic rings. The van der Waals surface area contributed by atoms with Crippen molar-refractivity contribution >= 4 is 17.9 Å². The van der Waals surface area contributed by atoms with E-state index in [1.54, 1.807) is 0 Å². The summed E-state index contributed by atoms with van der Waals surface area (Å²) in [6, 6.07) is 0. The van der Waals surface area contributed by atoms with Gasteiger partial charge in [-0.1, -0.05) is 194 Å². The van der Waals surface area contributed by atoms with Crippen LogP contribution in [-0.2, 0) is 28.6 Å². The van der Waals surface area contributed by atoms with Gasteiger partial charge in [-0.3, -0.25) is 14.4 Å². The number of ether oxygens (including phenoxy) is 3. The van der Waals surface area contributed by atoms with Crippen LogP contribution in [0.2, 0.25) is 0 Å². The highest BCUT2D eigenvalue weighted by molar-refractivity contribution is 5.71. The Balaban J connectivity index is 4.44. The maximum atomic E-state index is 12.7. The van der Waals surface area contributed by atoms with E-state index in [0.717, 1.165) is 103 Å². The Kier molecular flexibility index (Phi) is 45.1. The van der Waals surface area contributed by atoms with Crippen LogP contribution in [0.1, 0.15) is 188 Å². The molecule has 0 radical (unpaired) electrons. The van der Waals surface area contributed by atoms with Crippen LogP contribution >= 0.6 is 0 Å². The predicted molar refractivity (Wildman–Crippen MR) is 260 cm³/mol. The van der Waals surface area contributed by atoms with Gasteiger partial charge in [0, 0.05) is 19.3 Å². The Hall–Kier alpha value is -4.19. The molecule has 0 amide bonds. The van der Waals surface area contributed by atoms with Crippen molar-refractivity contribution in [3.8, 4) is 0 Å². The third-order valence-corrected chi connectivity index (χ3v) is 9.57. The Morgan fingerprint density at radius 1 is 0.344 bits per heavy atom. The van der Waals surface area contributed by atoms with Crippen molar-refractivity contribution in [2.24, 2.45) is 0 Å². The minimum atomic E-state index is -0.817. The number of hydrogen-bond acceptors (Lipinski definition) is 6. The van der Waals surface area contributed by atoms with E-state index in [1.165, 1.54) is 38.5 Å². The molecule has 0 aromatic heterocycles. The molecule has 0 aliphatic heterocycles. The van der Waals surface area contributed by atoms with Gasteiger partial charge in [-0.05, 0) is 96.3 Å². The van der Waals surface area contributed by atoms with Crippen molar-refractivity contribution in [1.82, 2.24) is 0 Å². The van der Waals surface area contributed by atoms with Crippen molar-refractivity contribution in [1.29, 1.82) is 0 Å². The van der Waals surface area contributed by atoms with E-state index in [1.807, 2.05) is 48.6 Å². The lowest BCUT2D eigenvalue weighted by Gasteiger charge is -2.18. The first kappa shape index (κ1) is 56.8. The Morgan fingerprint density at radius 3 is 1.16 bits per heavy atom. The monoisotopic (exact) mass is 843 g/mol. The average molecular weight is 843 g/mol. The molecular weight excluding hydrogens is 757 g/mol. The molecule has 0 aliphatic rings. The Bertz CT molecular complexity index is 1340. The number of carbonyl (C=O) groups is 3. The highest BCUT2D eigenvalue weighted by Gasteiger charge is 2.19. The van der Waals surface area contributed by atoms with Crippen LogP contribution in [0.5, 0.6) is 0 Å². The summed E-state index contributed by atoms with van der Waals surface area (Å²) in [4.78, 5) is 37.8. The van der Waals surface area contributed by atoms with E-state index in [-0.39, 0.29) is 37.5 Å². The SMILES string of the molecule is CC\C=C/C=C\C=C/C=C\C=C/CCCCCC(=O)OC(COC(=O)CCCC/C=C\C/C=C\CC)COC(=O)CCCCCCCCCCC/C=C\C/C=C\C/C=C\CC. The molecule has 0 spiro atoms. The van der Waals surface area contributed by atoms with Gasteiger partial charge in [0.05, 0.1) is 0 Å². The summed E-state index contributed by atoms with van der Waals surface area (Å²) in [5, 5.41) is 0. The maximum absolute atomic E-state index is 12.7. The van der Waals surface area contributed by atoms with Gasteiger partial charge in [0.2, 0.25) is 0 Å². The van der Waals surface area contributed by atoms with Crippen molar-refractivity contribution in [2.45, 2.75) is 194 Å². The summed E-state index contributed by atoms with van der Waals surface area (Å²) in [6.45, 7) is 6.16. The van der Waals surface area contributed by atoms with E-state index < -0.39 is 6.10 Å². The van der Waals surface area contributed by atoms with E-state index >= 15 is 0 Å². The lowest BCUT2D eigenvalue weighted by Crippen LogP contribution is -2.30. The number of carbonyl (C=O) groups excluding carboxylic acids is 3. The lowest BCUT2D eigenvalue weighted by molar-refractivity contribution is -0.167. The summed E-state index contributed by atoms with van der Waals surface area (Å²) in [7, 11) is 0. The summed E-state index contributed by atoms with van der Waals surface area (Å²) in [6.07, 6.45) is 66.2. The standard InChI is InChI=1S/C55H86O6/c1-4-7-10-13-16-19-21-23-25-26-27-28-30-31-33-36-39-42-45-48-54(57)60-51-52(50-59-53(56)47-44-41-38-35-18-15-12-9-6-3)61-55(58)49-46-43-40-37-34-32-29-24-22-20-17-14-11-8-5-2/h7-12,14,16-20,22-25,29,32,34-35,52H,4-6,13,15,21,26-28,30-31,33,36-51H2,1-3H3/b10-7-,11-8-,12-9-,17-14-,19-16-,22-20-,25-23-,29-24-,34-32-,35-18-. The van der Waals surface area contributed by atoms with Gasteiger partial charge < -0.3 is 14.2 Å². The zero-order valence-electron chi connectivity index (χ0n) is 38.9. The van der Waals surface area contributed by atoms with Crippen molar-refractivity contribution in [2.75, 3.05) is 13.2 Å². The Morgan fingerprint density at radius 2 is 0.672 bits per heavy atom. The number of hydrogen-bond donors (Lipinski definition) is 0. The lowest BCUT2D eigenvalue weighted by atomic mass is 10.1. The molecule has 342 valence electrons. The van der Waals surface area contributed by atoms with Gasteiger partial charge in [-0.2, -0.15) is 0 Å². The van der Waals surface area contributed by atoms with Crippen molar-refractivity contribution in [3.63, 3.8) is 0 Å². The van der Waals surface area contributed by atoms with Crippen LogP contribution in [0.4, 0.5) is 0 Å². The minimum Gasteiger partial charge on any atom is -0.462 e. The molecule has 1 atom stereocenters. The van der Waals surface area contributed by atoms with Crippen LogP contribution in [0.25, 0.3) is 0 Å². The second kappa shape index (κ2) is 48.5. The van der Waals surface area contributed by atoms with Crippen LogP contribution < -0.4 is 0 Å². The van der Waals surface area contributed by atoms with E-state index in [4.69, 9.17) is 14.2 Å². The molecule has 0 N–H and O–H groups in total. The average Bonchev–Trinajstić information content (AvgIpc) is 3.26. The first-order chi connectivity index (χ1) is 30.0. The van der Waals surface area contributed by atoms with Gasteiger partial charge in [-0.15, -0.1) is 0 Å². The van der Waals surface area contributed by atoms with Gasteiger partial charge in [0.25, 0.3) is 0 Å². The molecule has 0 fully saturated rings. The summed E-state index contributed by atoms with van der Waals surface area (Å²) in [5.41, 5.74) is 0. The largest absolute Gasteiger partial charge is 0.462 e. The molecule has 0 aliphatic carbocycles. The van der Waals surface area contributed by atoms with Gasteiger partial charge in [0.1, 0.15) is 13.2 Å². The first-order valence-electron chi connectivity index (χ1n) is 24.1. The highest BCUT2D eigenvalue weighted by Crippen LogP contribution is 2.13. The number of rotatable bonds is 41. The highest BCUT2D eigenvalue weighted by atomic mass is 16.6. The van der Waals surface area contributed by atoms with Crippen LogP contribution in [0.3, 0.4) is 0 Å². The number of allylic oxidation sites excluding steroid dienone is 20. The number of esters is 3. The normalized spacial score (nSPS) is 13.2. The third-order valence-electron chi connectivity index (χ3n) is 9.57. The summed E-state index contributed by atoms with van der Waals surface area (Å²) in [5.74, 6) is -1.01. The molecule has 0 saturated heterocycles.